The number of benzene rings is 3. The largest absolute Gasteiger partial charge is 0.457 e. The standard InChI is InChI=1S/C22H19ClN2O3/c1-15-19(23)8-5-9-20(15)25-21(26)14-24-22(27)16-10-12-18(13-11-16)28-17-6-3-2-4-7-17/h2-13H,14H2,1H3,(H,24,27)(H,25,26). The van der Waals surface area contributed by atoms with Crippen LogP contribution in [0.15, 0.2) is 72.8 Å². The van der Waals surface area contributed by atoms with Crippen molar-refractivity contribution in [3.05, 3.63) is 88.9 Å². The molecule has 0 aliphatic rings. The molecule has 0 aromatic heterocycles. The molecule has 0 aliphatic heterocycles. The molecule has 6 heteroatoms. The predicted molar refractivity (Wildman–Crippen MR) is 110 cm³/mol. The Morgan fingerprint density at radius 3 is 2.29 bits per heavy atom. The molecule has 2 N–H and O–H groups in total. The lowest BCUT2D eigenvalue weighted by molar-refractivity contribution is -0.115. The van der Waals surface area contributed by atoms with Crippen LogP contribution in [0.4, 0.5) is 5.69 Å². The summed E-state index contributed by atoms with van der Waals surface area (Å²) in [6.45, 7) is 1.67. The van der Waals surface area contributed by atoms with E-state index in [9.17, 15) is 9.59 Å². The first-order valence-electron chi connectivity index (χ1n) is 8.69. The number of carbonyl (C=O) groups excluding carboxylic acids is 2. The van der Waals surface area contributed by atoms with E-state index in [4.69, 9.17) is 16.3 Å². The lowest BCUT2D eigenvalue weighted by Gasteiger charge is -2.10. The Labute approximate surface area is 168 Å². The quantitative estimate of drug-likeness (QED) is 0.630. The van der Waals surface area contributed by atoms with Crippen molar-refractivity contribution in [1.29, 1.82) is 0 Å². The summed E-state index contributed by atoms with van der Waals surface area (Å²) in [5.41, 5.74) is 1.83. The van der Waals surface area contributed by atoms with Gasteiger partial charge in [-0.3, -0.25) is 9.59 Å². The Morgan fingerprint density at radius 2 is 1.57 bits per heavy atom. The highest BCUT2D eigenvalue weighted by Crippen LogP contribution is 2.23. The maximum Gasteiger partial charge on any atom is 0.251 e. The average molecular weight is 395 g/mol. The molecule has 0 spiro atoms. The fourth-order valence-corrected chi connectivity index (χ4v) is 2.67. The fraction of sp³-hybridized carbons (Fsp3) is 0.0909. The van der Waals surface area contributed by atoms with Gasteiger partial charge in [-0.25, -0.2) is 0 Å². The number of hydrogen-bond acceptors (Lipinski definition) is 3. The van der Waals surface area contributed by atoms with Gasteiger partial charge < -0.3 is 15.4 Å². The molecule has 0 fully saturated rings. The molecular formula is C22H19ClN2O3. The van der Waals surface area contributed by atoms with E-state index in [1.165, 1.54) is 0 Å². The number of rotatable bonds is 6. The highest BCUT2D eigenvalue weighted by Gasteiger charge is 2.10. The van der Waals surface area contributed by atoms with Gasteiger partial charge >= 0.3 is 0 Å². The van der Waals surface area contributed by atoms with Gasteiger partial charge in [-0.2, -0.15) is 0 Å². The number of carbonyl (C=O) groups is 2. The molecule has 3 aromatic carbocycles. The molecule has 5 nitrogen and oxygen atoms in total. The van der Waals surface area contributed by atoms with Crippen LogP contribution in [0.2, 0.25) is 5.02 Å². The molecule has 0 aliphatic carbocycles. The zero-order valence-corrected chi connectivity index (χ0v) is 16.0. The Bertz CT molecular complexity index is 973. The number of anilines is 1. The first-order valence-corrected chi connectivity index (χ1v) is 9.07. The minimum atomic E-state index is -0.343. The van der Waals surface area contributed by atoms with Gasteiger partial charge in [0.2, 0.25) is 5.91 Å². The molecule has 28 heavy (non-hydrogen) atoms. The summed E-state index contributed by atoms with van der Waals surface area (Å²) in [4.78, 5) is 24.3. The maximum atomic E-state index is 12.2. The van der Waals surface area contributed by atoms with Crippen molar-refractivity contribution in [3.8, 4) is 11.5 Å². The van der Waals surface area contributed by atoms with Crippen molar-refractivity contribution in [2.45, 2.75) is 6.92 Å². The molecule has 0 saturated heterocycles. The molecule has 3 aromatic rings. The summed E-state index contributed by atoms with van der Waals surface area (Å²) >= 11 is 6.04. The topological polar surface area (TPSA) is 67.4 Å². The second-order valence-corrected chi connectivity index (χ2v) is 6.49. The molecule has 2 amide bonds. The molecule has 0 unspecified atom stereocenters. The lowest BCUT2D eigenvalue weighted by atomic mass is 10.2. The van der Waals surface area contributed by atoms with E-state index in [1.54, 1.807) is 42.5 Å². The second-order valence-electron chi connectivity index (χ2n) is 6.08. The Balaban J connectivity index is 1.53. The Kier molecular flexibility index (Phi) is 6.29. The molecule has 0 heterocycles. The Hall–Kier alpha value is -3.31. The van der Waals surface area contributed by atoms with Gasteiger partial charge in [0.05, 0.1) is 6.54 Å². The third-order valence-corrected chi connectivity index (χ3v) is 4.46. The molecule has 0 bridgehead atoms. The first-order chi connectivity index (χ1) is 13.5. The predicted octanol–water partition coefficient (Wildman–Crippen LogP) is 4.81. The summed E-state index contributed by atoms with van der Waals surface area (Å²) in [5, 5.41) is 5.90. The zero-order valence-electron chi connectivity index (χ0n) is 15.2. The fourth-order valence-electron chi connectivity index (χ4n) is 2.50. The van der Waals surface area contributed by atoms with Crippen LogP contribution in [0.1, 0.15) is 15.9 Å². The lowest BCUT2D eigenvalue weighted by Crippen LogP contribution is -2.32. The van der Waals surface area contributed by atoms with Gasteiger partial charge in [0.15, 0.2) is 0 Å². The van der Waals surface area contributed by atoms with Crippen LogP contribution in [-0.2, 0) is 4.79 Å². The van der Waals surface area contributed by atoms with E-state index in [2.05, 4.69) is 10.6 Å². The van der Waals surface area contributed by atoms with Crippen molar-refractivity contribution in [2.24, 2.45) is 0 Å². The van der Waals surface area contributed by atoms with Crippen molar-refractivity contribution in [2.75, 3.05) is 11.9 Å². The molecule has 3 rings (SSSR count). The number of para-hydroxylation sites is 1. The van der Waals surface area contributed by atoms with Crippen LogP contribution >= 0.6 is 11.6 Å². The third kappa shape index (κ3) is 5.11. The van der Waals surface area contributed by atoms with Gasteiger partial charge in [-0.1, -0.05) is 35.9 Å². The van der Waals surface area contributed by atoms with Crippen LogP contribution in [0.3, 0.4) is 0 Å². The van der Waals surface area contributed by atoms with E-state index < -0.39 is 0 Å². The van der Waals surface area contributed by atoms with Gasteiger partial charge in [-0.05, 0) is 61.0 Å². The van der Waals surface area contributed by atoms with Gasteiger partial charge in [-0.15, -0.1) is 0 Å². The Morgan fingerprint density at radius 1 is 0.893 bits per heavy atom. The van der Waals surface area contributed by atoms with E-state index in [1.807, 2.05) is 37.3 Å². The van der Waals surface area contributed by atoms with Crippen LogP contribution < -0.4 is 15.4 Å². The van der Waals surface area contributed by atoms with Crippen molar-refractivity contribution < 1.29 is 14.3 Å². The summed E-state index contributed by atoms with van der Waals surface area (Å²) < 4.78 is 5.69. The van der Waals surface area contributed by atoms with Gasteiger partial charge in [0.1, 0.15) is 11.5 Å². The summed E-state index contributed by atoms with van der Waals surface area (Å²) in [5.74, 6) is 0.664. The number of nitrogens with one attached hydrogen (secondary N) is 2. The van der Waals surface area contributed by atoms with Crippen LogP contribution in [-0.4, -0.2) is 18.4 Å². The van der Waals surface area contributed by atoms with Crippen LogP contribution in [0, 0.1) is 6.92 Å². The maximum absolute atomic E-state index is 12.2. The summed E-state index contributed by atoms with van der Waals surface area (Å²) in [6, 6.07) is 21.3. The monoisotopic (exact) mass is 394 g/mol. The summed E-state index contributed by atoms with van der Waals surface area (Å²) in [7, 11) is 0. The first kappa shape index (κ1) is 19.5. The molecule has 142 valence electrons. The van der Waals surface area contributed by atoms with Gasteiger partial charge in [0.25, 0.3) is 5.91 Å². The second kappa shape index (κ2) is 9.06. The van der Waals surface area contributed by atoms with E-state index in [0.717, 1.165) is 5.56 Å². The van der Waals surface area contributed by atoms with Crippen LogP contribution in [0.5, 0.6) is 11.5 Å². The third-order valence-electron chi connectivity index (χ3n) is 4.05. The zero-order chi connectivity index (χ0) is 19.9. The van der Waals surface area contributed by atoms with E-state index in [-0.39, 0.29) is 18.4 Å². The minimum Gasteiger partial charge on any atom is -0.457 e. The van der Waals surface area contributed by atoms with Gasteiger partial charge in [0, 0.05) is 16.3 Å². The minimum absolute atomic E-state index is 0.146. The van der Waals surface area contributed by atoms with Crippen molar-refractivity contribution in [3.63, 3.8) is 0 Å². The molecule has 0 radical (unpaired) electrons. The molecular weight excluding hydrogens is 376 g/mol. The summed E-state index contributed by atoms with van der Waals surface area (Å²) in [6.07, 6.45) is 0. The number of halogens is 1. The van der Waals surface area contributed by atoms with E-state index >= 15 is 0 Å². The molecule has 0 saturated carbocycles. The van der Waals surface area contributed by atoms with Crippen LogP contribution in [0.25, 0.3) is 0 Å². The highest BCUT2D eigenvalue weighted by molar-refractivity contribution is 6.31. The average Bonchev–Trinajstić information content (AvgIpc) is 2.71. The number of hydrogen-bond donors (Lipinski definition) is 2. The number of ether oxygens (including phenoxy) is 1. The molecule has 0 atom stereocenters. The smallest absolute Gasteiger partial charge is 0.251 e. The number of amides is 2. The normalized spacial score (nSPS) is 10.2. The van der Waals surface area contributed by atoms with E-state index in [0.29, 0.717) is 27.8 Å². The van der Waals surface area contributed by atoms with Crippen molar-refractivity contribution >= 4 is 29.1 Å². The SMILES string of the molecule is Cc1c(Cl)cccc1NC(=O)CNC(=O)c1ccc(Oc2ccccc2)cc1. The highest BCUT2D eigenvalue weighted by atomic mass is 35.5. The van der Waals surface area contributed by atoms with Crippen molar-refractivity contribution in [1.82, 2.24) is 5.32 Å².